The van der Waals surface area contributed by atoms with Crippen molar-refractivity contribution in [3.8, 4) is 0 Å². The summed E-state index contributed by atoms with van der Waals surface area (Å²) in [6.45, 7) is 1.35. The lowest BCUT2D eigenvalue weighted by Gasteiger charge is -2.34. The van der Waals surface area contributed by atoms with Gasteiger partial charge in [0, 0.05) is 38.8 Å². The maximum Gasteiger partial charge on any atom is 0.335 e. The summed E-state index contributed by atoms with van der Waals surface area (Å²) >= 11 is 0. The minimum atomic E-state index is -0.921. The van der Waals surface area contributed by atoms with Gasteiger partial charge in [0.05, 0.1) is 11.1 Å². The van der Waals surface area contributed by atoms with Crippen molar-refractivity contribution in [2.24, 2.45) is 0 Å². The van der Waals surface area contributed by atoms with E-state index in [2.05, 4.69) is 0 Å². The molecule has 3 rings (SSSR count). The number of hydrogen-bond donors (Lipinski definition) is 1. The molecule has 0 spiro atoms. The number of carboxylic acid groups (broad SMARTS) is 1. The molecule has 1 heterocycles. The molecule has 0 aromatic heterocycles. The molecule has 136 valence electrons. The molecule has 1 amide bonds. The molecule has 0 aliphatic carbocycles. The van der Waals surface area contributed by atoms with Crippen LogP contribution in [0.5, 0.6) is 0 Å². The van der Waals surface area contributed by atoms with Crippen LogP contribution in [0.4, 0.5) is 5.69 Å². The molecular weight excluding hydrogens is 328 g/mol. The van der Waals surface area contributed by atoms with Crippen molar-refractivity contribution in [2.45, 2.75) is 18.8 Å². The summed E-state index contributed by atoms with van der Waals surface area (Å²) in [5.41, 5.74) is 2.90. The van der Waals surface area contributed by atoms with Gasteiger partial charge in [-0.15, -0.1) is 0 Å². The number of carbonyl (C=O) groups excluding carboxylic acids is 1. The Morgan fingerprint density at radius 2 is 1.88 bits per heavy atom. The highest BCUT2D eigenvalue weighted by atomic mass is 16.4. The van der Waals surface area contributed by atoms with E-state index in [4.69, 9.17) is 0 Å². The SMILES string of the molecule is CN(C)c1ccccc1C(=O)N1CCCC(c2cccc(C(=O)O)c2)C1. The minimum absolute atomic E-state index is 0.0355. The van der Waals surface area contributed by atoms with Gasteiger partial charge in [0.25, 0.3) is 5.91 Å². The van der Waals surface area contributed by atoms with Crippen LogP contribution in [0.15, 0.2) is 48.5 Å². The maximum atomic E-state index is 13.1. The standard InChI is InChI=1S/C21H24N2O3/c1-22(2)19-11-4-3-10-18(19)20(24)23-12-6-9-17(14-23)15-7-5-8-16(13-15)21(25)26/h3-5,7-8,10-11,13,17H,6,9,12,14H2,1-2H3,(H,25,26). The lowest BCUT2D eigenvalue weighted by molar-refractivity contribution is 0.0688. The first-order valence-corrected chi connectivity index (χ1v) is 8.86. The number of aromatic carboxylic acids is 1. The van der Waals surface area contributed by atoms with Gasteiger partial charge in [0.1, 0.15) is 0 Å². The molecule has 5 nitrogen and oxygen atoms in total. The molecule has 1 aliphatic heterocycles. The molecule has 26 heavy (non-hydrogen) atoms. The van der Waals surface area contributed by atoms with Crippen LogP contribution >= 0.6 is 0 Å². The largest absolute Gasteiger partial charge is 0.478 e. The zero-order valence-corrected chi connectivity index (χ0v) is 15.2. The predicted molar refractivity (Wildman–Crippen MR) is 102 cm³/mol. The van der Waals surface area contributed by atoms with Crippen molar-refractivity contribution in [2.75, 3.05) is 32.1 Å². The number of benzene rings is 2. The van der Waals surface area contributed by atoms with Crippen LogP contribution < -0.4 is 4.90 Å². The second kappa shape index (κ2) is 7.60. The van der Waals surface area contributed by atoms with Gasteiger partial charge in [-0.25, -0.2) is 4.79 Å². The second-order valence-electron chi connectivity index (χ2n) is 6.93. The molecular formula is C21H24N2O3. The Balaban J connectivity index is 1.82. The fraction of sp³-hybridized carbons (Fsp3) is 0.333. The highest BCUT2D eigenvalue weighted by molar-refractivity contribution is 5.99. The Morgan fingerprint density at radius 3 is 2.62 bits per heavy atom. The summed E-state index contributed by atoms with van der Waals surface area (Å²) in [5.74, 6) is -0.720. The number of para-hydroxylation sites is 1. The molecule has 0 radical (unpaired) electrons. The molecule has 5 heteroatoms. The molecule has 1 atom stereocenters. The third-order valence-electron chi connectivity index (χ3n) is 4.93. The summed E-state index contributed by atoms with van der Waals surface area (Å²) in [5, 5.41) is 9.21. The molecule has 2 aromatic rings. The van der Waals surface area contributed by atoms with Crippen LogP contribution in [-0.4, -0.2) is 49.1 Å². The van der Waals surface area contributed by atoms with Gasteiger partial charge in [0.15, 0.2) is 0 Å². The highest BCUT2D eigenvalue weighted by Crippen LogP contribution is 2.29. The number of carbonyl (C=O) groups is 2. The fourth-order valence-corrected chi connectivity index (χ4v) is 3.57. The van der Waals surface area contributed by atoms with Crippen molar-refractivity contribution in [1.82, 2.24) is 4.90 Å². The van der Waals surface area contributed by atoms with E-state index in [1.807, 2.05) is 54.2 Å². The maximum absolute atomic E-state index is 13.1. The Hall–Kier alpha value is -2.82. The second-order valence-corrected chi connectivity index (χ2v) is 6.93. The number of hydrogen-bond acceptors (Lipinski definition) is 3. The van der Waals surface area contributed by atoms with Gasteiger partial charge in [-0.05, 0) is 42.7 Å². The summed E-state index contributed by atoms with van der Waals surface area (Å²) in [7, 11) is 3.87. The van der Waals surface area contributed by atoms with Crippen molar-refractivity contribution < 1.29 is 14.7 Å². The minimum Gasteiger partial charge on any atom is -0.478 e. The number of piperidine rings is 1. The van der Waals surface area contributed by atoms with E-state index in [9.17, 15) is 14.7 Å². The topological polar surface area (TPSA) is 60.9 Å². The molecule has 1 fully saturated rings. The van der Waals surface area contributed by atoms with E-state index in [-0.39, 0.29) is 11.8 Å². The highest BCUT2D eigenvalue weighted by Gasteiger charge is 2.27. The van der Waals surface area contributed by atoms with Crippen molar-refractivity contribution >= 4 is 17.6 Å². The normalized spacial score (nSPS) is 17.0. The quantitative estimate of drug-likeness (QED) is 0.915. The lowest BCUT2D eigenvalue weighted by atomic mass is 9.89. The van der Waals surface area contributed by atoms with E-state index < -0.39 is 5.97 Å². The van der Waals surface area contributed by atoms with Crippen LogP contribution in [0.2, 0.25) is 0 Å². The monoisotopic (exact) mass is 352 g/mol. The van der Waals surface area contributed by atoms with Crippen LogP contribution in [-0.2, 0) is 0 Å². The first kappa shape index (κ1) is 18.0. The summed E-state index contributed by atoms with van der Waals surface area (Å²) in [6.07, 6.45) is 1.88. The molecule has 1 unspecified atom stereocenters. The Morgan fingerprint density at radius 1 is 1.12 bits per heavy atom. The van der Waals surface area contributed by atoms with Crippen molar-refractivity contribution in [3.63, 3.8) is 0 Å². The summed E-state index contributed by atoms with van der Waals surface area (Å²) in [6, 6.07) is 14.7. The molecule has 1 saturated heterocycles. The van der Waals surface area contributed by atoms with Gasteiger partial charge in [-0.1, -0.05) is 24.3 Å². The number of anilines is 1. The molecule has 1 aliphatic rings. The first-order chi connectivity index (χ1) is 12.5. The zero-order valence-electron chi connectivity index (χ0n) is 15.2. The first-order valence-electron chi connectivity index (χ1n) is 8.86. The number of carboxylic acids is 1. The van der Waals surface area contributed by atoms with Gasteiger partial charge >= 0.3 is 5.97 Å². The fourth-order valence-electron chi connectivity index (χ4n) is 3.57. The Labute approximate surface area is 153 Å². The van der Waals surface area contributed by atoms with Crippen LogP contribution in [0, 0.1) is 0 Å². The van der Waals surface area contributed by atoms with E-state index in [1.165, 1.54) is 0 Å². The molecule has 0 bridgehead atoms. The third-order valence-corrected chi connectivity index (χ3v) is 4.93. The Kier molecular flexibility index (Phi) is 5.26. The van der Waals surface area contributed by atoms with E-state index in [0.29, 0.717) is 17.7 Å². The summed E-state index contributed by atoms with van der Waals surface area (Å²) < 4.78 is 0. The zero-order chi connectivity index (χ0) is 18.7. The van der Waals surface area contributed by atoms with E-state index in [1.54, 1.807) is 18.2 Å². The van der Waals surface area contributed by atoms with Crippen molar-refractivity contribution in [1.29, 1.82) is 0 Å². The summed E-state index contributed by atoms with van der Waals surface area (Å²) in [4.78, 5) is 28.2. The third kappa shape index (κ3) is 3.72. The van der Waals surface area contributed by atoms with Gasteiger partial charge in [-0.3, -0.25) is 4.79 Å². The number of likely N-dealkylation sites (tertiary alicyclic amines) is 1. The number of amides is 1. The van der Waals surface area contributed by atoms with Gasteiger partial charge in [-0.2, -0.15) is 0 Å². The smallest absolute Gasteiger partial charge is 0.335 e. The predicted octanol–water partition coefficient (Wildman–Crippen LogP) is 3.47. The Bertz CT molecular complexity index is 816. The number of nitrogens with zero attached hydrogens (tertiary/aromatic N) is 2. The average Bonchev–Trinajstić information content (AvgIpc) is 2.67. The van der Waals surface area contributed by atoms with E-state index >= 15 is 0 Å². The van der Waals surface area contributed by atoms with E-state index in [0.717, 1.165) is 30.6 Å². The average molecular weight is 352 g/mol. The van der Waals surface area contributed by atoms with Crippen LogP contribution in [0.1, 0.15) is 45.0 Å². The molecule has 1 N–H and O–H groups in total. The van der Waals surface area contributed by atoms with Gasteiger partial charge in [0.2, 0.25) is 0 Å². The molecule has 2 aromatic carbocycles. The van der Waals surface area contributed by atoms with Crippen LogP contribution in [0.3, 0.4) is 0 Å². The van der Waals surface area contributed by atoms with Crippen LogP contribution in [0.25, 0.3) is 0 Å². The van der Waals surface area contributed by atoms with Crippen molar-refractivity contribution in [3.05, 3.63) is 65.2 Å². The lowest BCUT2D eigenvalue weighted by Crippen LogP contribution is -2.39. The molecule has 0 saturated carbocycles. The number of rotatable bonds is 4. The van der Waals surface area contributed by atoms with Gasteiger partial charge < -0.3 is 14.9 Å².